The molecule has 0 fully saturated rings. The lowest BCUT2D eigenvalue weighted by Gasteiger charge is -2.13. The third-order valence-electron chi connectivity index (χ3n) is 3.93. The maximum atomic E-state index is 12.7. The molecule has 0 bridgehead atoms. The molecule has 3 rings (SSSR count). The zero-order chi connectivity index (χ0) is 17.3. The van der Waals surface area contributed by atoms with Crippen LogP contribution >= 0.6 is 0 Å². The third kappa shape index (κ3) is 3.19. The molecule has 126 valence electrons. The van der Waals surface area contributed by atoms with Crippen molar-refractivity contribution >= 4 is 21.8 Å². The number of rotatable bonds is 5. The van der Waals surface area contributed by atoms with Crippen LogP contribution in [0.2, 0.25) is 0 Å². The largest absolute Gasteiger partial charge is 0.493 e. The summed E-state index contributed by atoms with van der Waals surface area (Å²) in [6, 6.07) is 5.94. The van der Waals surface area contributed by atoms with E-state index in [4.69, 9.17) is 4.74 Å². The van der Waals surface area contributed by atoms with Crippen LogP contribution in [-0.4, -0.2) is 25.8 Å². The monoisotopic (exact) mass is 343 g/mol. The minimum Gasteiger partial charge on any atom is -0.493 e. The molecule has 0 aliphatic carbocycles. The van der Waals surface area contributed by atoms with Gasteiger partial charge in [0.05, 0.1) is 39.9 Å². The van der Waals surface area contributed by atoms with Crippen LogP contribution in [0.25, 0.3) is 11.0 Å². The SMILES string of the molecule is CCOc1c(C)cnc(CS(=O)c2nc3ccc(C)cc3[nH]2)c1C. The smallest absolute Gasteiger partial charge is 0.197 e. The van der Waals surface area contributed by atoms with Gasteiger partial charge in [-0.1, -0.05) is 6.07 Å². The van der Waals surface area contributed by atoms with E-state index in [0.29, 0.717) is 17.5 Å². The highest BCUT2D eigenvalue weighted by Gasteiger charge is 2.16. The van der Waals surface area contributed by atoms with Crippen molar-refractivity contribution in [2.45, 2.75) is 38.6 Å². The van der Waals surface area contributed by atoms with Crippen LogP contribution in [0.3, 0.4) is 0 Å². The van der Waals surface area contributed by atoms with E-state index in [9.17, 15) is 4.21 Å². The summed E-state index contributed by atoms with van der Waals surface area (Å²) in [5.41, 5.74) is 5.58. The zero-order valence-corrected chi connectivity index (χ0v) is 15.2. The molecule has 0 aliphatic rings. The van der Waals surface area contributed by atoms with Crippen molar-refractivity contribution in [1.29, 1.82) is 0 Å². The third-order valence-corrected chi connectivity index (χ3v) is 5.09. The second-order valence-corrected chi connectivity index (χ2v) is 7.19. The molecule has 0 radical (unpaired) electrons. The first-order valence-electron chi connectivity index (χ1n) is 7.92. The maximum Gasteiger partial charge on any atom is 0.197 e. The van der Waals surface area contributed by atoms with Gasteiger partial charge in [-0.3, -0.25) is 9.19 Å². The number of ether oxygens (including phenoxy) is 1. The molecule has 1 aromatic carbocycles. The van der Waals surface area contributed by atoms with Crippen LogP contribution in [0.1, 0.15) is 29.3 Å². The molecule has 0 spiro atoms. The van der Waals surface area contributed by atoms with E-state index in [-0.39, 0.29) is 0 Å². The molecule has 2 aromatic heterocycles. The van der Waals surface area contributed by atoms with Gasteiger partial charge in [0.15, 0.2) is 5.16 Å². The van der Waals surface area contributed by atoms with Gasteiger partial charge in [-0.05, 0) is 45.4 Å². The lowest BCUT2D eigenvalue weighted by Crippen LogP contribution is -2.06. The van der Waals surface area contributed by atoms with E-state index in [1.165, 1.54) is 0 Å². The fourth-order valence-corrected chi connectivity index (χ4v) is 3.77. The van der Waals surface area contributed by atoms with Gasteiger partial charge in [0.25, 0.3) is 0 Å². The number of nitrogens with one attached hydrogen (secondary N) is 1. The highest BCUT2D eigenvalue weighted by molar-refractivity contribution is 7.84. The van der Waals surface area contributed by atoms with Crippen molar-refractivity contribution in [2.75, 3.05) is 6.61 Å². The van der Waals surface area contributed by atoms with Crippen molar-refractivity contribution in [1.82, 2.24) is 15.0 Å². The molecule has 2 heterocycles. The number of H-pyrrole nitrogens is 1. The number of aromatic amines is 1. The fraction of sp³-hybridized carbons (Fsp3) is 0.333. The number of aryl methyl sites for hydroxylation is 2. The molecule has 1 unspecified atom stereocenters. The van der Waals surface area contributed by atoms with Crippen molar-refractivity contribution in [3.63, 3.8) is 0 Å². The molecule has 6 heteroatoms. The Hall–Kier alpha value is -2.21. The van der Waals surface area contributed by atoms with E-state index < -0.39 is 10.8 Å². The van der Waals surface area contributed by atoms with Crippen LogP contribution in [0.15, 0.2) is 29.6 Å². The molecular weight excluding hydrogens is 322 g/mol. The van der Waals surface area contributed by atoms with Gasteiger partial charge in [0, 0.05) is 17.3 Å². The lowest BCUT2D eigenvalue weighted by molar-refractivity contribution is 0.334. The van der Waals surface area contributed by atoms with Gasteiger partial charge in [-0.2, -0.15) is 0 Å². The summed E-state index contributed by atoms with van der Waals surface area (Å²) in [7, 11) is -1.29. The molecule has 0 aliphatic heterocycles. The molecule has 24 heavy (non-hydrogen) atoms. The van der Waals surface area contributed by atoms with Crippen LogP contribution < -0.4 is 4.74 Å². The maximum absolute atomic E-state index is 12.7. The number of benzene rings is 1. The molecule has 0 saturated heterocycles. The van der Waals surface area contributed by atoms with Crippen LogP contribution in [-0.2, 0) is 16.6 Å². The van der Waals surface area contributed by atoms with Gasteiger partial charge >= 0.3 is 0 Å². The van der Waals surface area contributed by atoms with E-state index in [2.05, 4.69) is 15.0 Å². The first kappa shape index (κ1) is 16.6. The highest BCUT2D eigenvalue weighted by Crippen LogP contribution is 2.26. The van der Waals surface area contributed by atoms with Gasteiger partial charge in [-0.25, -0.2) is 4.98 Å². The molecule has 0 saturated carbocycles. The first-order valence-corrected chi connectivity index (χ1v) is 9.24. The Kier molecular flexibility index (Phi) is 4.66. The Bertz CT molecular complexity index is 918. The van der Waals surface area contributed by atoms with E-state index >= 15 is 0 Å². The lowest BCUT2D eigenvalue weighted by atomic mass is 10.1. The fourth-order valence-electron chi connectivity index (χ4n) is 2.67. The second-order valence-electron chi connectivity index (χ2n) is 5.83. The summed E-state index contributed by atoms with van der Waals surface area (Å²) in [5, 5.41) is 0.482. The molecule has 5 nitrogen and oxygen atoms in total. The van der Waals surface area contributed by atoms with Crippen LogP contribution in [0.4, 0.5) is 0 Å². The summed E-state index contributed by atoms with van der Waals surface area (Å²) < 4.78 is 18.4. The minimum absolute atomic E-state index is 0.311. The summed E-state index contributed by atoms with van der Waals surface area (Å²) in [5.74, 6) is 1.14. The number of hydrogen-bond donors (Lipinski definition) is 1. The summed E-state index contributed by atoms with van der Waals surface area (Å²) in [6.07, 6.45) is 1.77. The standard InChI is InChI=1S/C18H21N3O2S/c1-5-23-17-12(3)9-19-16(13(17)4)10-24(22)18-20-14-7-6-11(2)8-15(14)21-18/h6-9H,5,10H2,1-4H3,(H,20,21). The Morgan fingerprint density at radius 2 is 2.04 bits per heavy atom. The molecule has 1 atom stereocenters. The zero-order valence-electron chi connectivity index (χ0n) is 14.3. The van der Waals surface area contributed by atoms with Crippen molar-refractivity contribution < 1.29 is 8.95 Å². The molecule has 1 N–H and O–H groups in total. The average Bonchev–Trinajstić information content (AvgIpc) is 2.97. The number of pyridine rings is 1. The molecule has 3 aromatic rings. The van der Waals surface area contributed by atoms with E-state index in [0.717, 1.165) is 39.2 Å². The summed E-state index contributed by atoms with van der Waals surface area (Å²) in [6.45, 7) is 8.49. The molecule has 0 amide bonds. The van der Waals surface area contributed by atoms with Crippen LogP contribution in [0.5, 0.6) is 5.75 Å². The van der Waals surface area contributed by atoms with Crippen molar-refractivity contribution in [3.05, 3.63) is 46.8 Å². The van der Waals surface area contributed by atoms with Crippen molar-refractivity contribution in [2.24, 2.45) is 0 Å². The topological polar surface area (TPSA) is 67.9 Å². The Morgan fingerprint density at radius 3 is 2.79 bits per heavy atom. The van der Waals surface area contributed by atoms with Gasteiger partial charge in [0.1, 0.15) is 5.75 Å². The number of nitrogens with zero attached hydrogens (tertiary/aromatic N) is 2. The predicted octanol–water partition coefficient (Wildman–Crippen LogP) is 3.59. The summed E-state index contributed by atoms with van der Waals surface area (Å²) >= 11 is 0. The number of hydrogen-bond acceptors (Lipinski definition) is 4. The second kappa shape index (κ2) is 6.73. The Balaban J connectivity index is 1.89. The first-order chi connectivity index (χ1) is 11.5. The van der Waals surface area contributed by atoms with Crippen molar-refractivity contribution in [3.8, 4) is 5.75 Å². The highest BCUT2D eigenvalue weighted by atomic mass is 32.2. The van der Waals surface area contributed by atoms with E-state index in [1.807, 2.05) is 45.9 Å². The van der Waals surface area contributed by atoms with E-state index in [1.54, 1.807) is 6.20 Å². The Labute approximate surface area is 143 Å². The quantitative estimate of drug-likeness (QED) is 0.769. The number of aromatic nitrogens is 3. The van der Waals surface area contributed by atoms with Crippen LogP contribution in [0, 0.1) is 20.8 Å². The van der Waals surface area contributed by atoms with Gasteiger partial charge < -0.3 is 9.72 Å². The minimum atomic E-state index is -1.29. The normalized spacial score (nSPS) is 12.5. The number of fused-ring (bicyclic) bond motifs is 1. The predicted molar refractivity (Wildman–Crippen MR) is 95.8 cm³/mol. The van der Waals surface area contributed by atoms with Gasteiger partial charge in [0.2, 0.25) is 0 Å². The number of imidazole rings is 1. The average molecular weight is 343 g/mol. The molecular formula is C18H21N3O2S. The Morgan fingerprint density at radius 1 is 1.25 bits per heavy atom. The van der Waals surface area contributed by atoms with Gasteiger partial charge in [-0.15, -0.1) is 0 Å². The summed E-state index contributed by atoms with van der Waals surface area (Å²) in [4.78, 5) is 12.0.